The number of urea groups is 1. The molecule has 2 aromatic carbocycles. The molecule has 28 heavy (non-hydrogen) atoms. The number of hydrogen-bond acceptors (Lipinski definition) is 4. The van der Waals surface area contributed by atoms with Gasteiger partial charge in [0, 0.05) is 5.56 Å². The highest BCUT2D eigenvalue weighted by Gasteiger charge is 2.49. The van der Waals surface area contributed by atoms with Crippen molar-refractivity contribution in [3.05, 3.63) is 59.2 Å². The number of nitrogens with zero attached hydrogens (tertiary/aromatic N) is 1. The number of hydrogen-bond donors (Lipinski definition) is 1. The van der Waals surface area contributed by atoms with Gasteiger partial charge in [0.15, 0.2) is 0 Å². The van der Waals surface area contributed by atoms with E-state index in [0.717, 1.165) is 5.56 Å². The largest absolute Gasteiger partial charge is 0.497 e. The Labute approximate surface area is 165 Å². The lowest BCUT2D eigenvalue weighted by Crippen LogP contribution is -2.40. The molecular weight excluding hydrogens is 356 g/mol. The molecule has 1 atom stereocenters. The highest BCUT2D eigenvalue weighted by molar-refractivity contribution is 6.07. The van der Waals surface area contributed by atoms with Crippen LogP contribution in [-0.4, -0.2) is 31.1 Å². The van der Waals surface area contributed by atoms with Crippen molar-refractivity contribution in [3.8, 4) is 11.5 Å². The van der Waals surface area contributed by atoms with Gasteiger partial charge in [0.2, 0.25) is 0 Å². The zero-order valence-electron chi connectivity index (χ0n) is 16.9. The van der Waals surface area contributed by atoms with Crippen LogP contribution in [0.2, 0.25) is 0 Å². The first-order valence-electron chi connectivity index (χ1n) is 9.25. The van der Waals surface area contributed by atoms with Crippen LogP contribution in [0.15, 0.2) is 42.5 Å². The monoisotopic (exact) mass is 382 g/mol. The quantitative estimate of drug-likeness (QED) is 0.772. The molecule has 1 fully saturated rings. The zero-order valence-corrected chi connectivity index (χ0v) is 16.9. The maximum absolute atomic E-state index is 13.2. The van der Waals surface area contributed by atoms with Crippen molar-refractivity contribution in [2.24, 2.45) is 0 Å². The SMILES string of the molecule is COc1ccc(OC)c(CN2C(=O)N[C@](C)(c3ccc(C(C)C)cc3)C2=O)c1. The van der Waals surface area contributed by atoms with Gasteiger partial charge in [-0.2, -0.15) is 0 Å². The number of methoxy groups -OCH3 is 2. The van der Waals surface area contributed by atoms with E-state index in [-0.39, 0.29) is 12.5 Å². The summed E-state index contributed by atoms with van der Waals surface area (Å²) in [5, 5.41) is 2.85. The minimum absolute atomic E-state index is 0.102. The third-order valence-corrected chi connectivity index (χ3v) is 5.25. The van der Waals surface area contributed by atoms with Gasteiger partial charge in [0.25, 0.3) is 5.91 Å². The number of carbonyl (C=O) groups excluding carboxylic acids is 2. The molecule has 6 nitrogen and oxygen atoms in total. The molecule has 6 heteroatoms. The molecule has 1 aliphatic rings. The third kappa shape index (κ3) is 3.42. The van der Waals surface area contributed by atoms with E-state index < -0.39 is 11.6 Å². The molecule has 1 heterocycles. The van der Waals surface area contributed by atoms with Crippen LogP contribution >= 0.6 is 0 Å². The number of imide groups is 1. The average Bonchev–Trinajstić information content (AvgIpc) is 2.92. The summed E-state index contributed by atoms with van der Waals surface area (Å²) >= 11 is 0. The highest BCUT2D eigenvalue weighted by atomic mass is 16.5. The van der Waals surface area contributed by atoms with Crippen LogP contribution in [-0.2, 0) is 16.9 Å². The summed E-state index contributed by atoms with van der Waals surface area (Å²) in [6.07, 6.45) is 0. The Morgan fingerprint density at radius 1 is 1.04 bits per heavy atom. The van der Waals surface area contributed by atoms with Crippen molar-refractivity contribution >= 4 is 11.9 Å². The molecule has 1 N–H and O–H groups in total. The predicted octanol–water partition coefficient (Wildman–Crippen LogP) is 3.79. The van der Waals surface area contributed by atoms with Crippen LogP contribution in [0.5, 0.6) is 11.5 Å². The second-order valence-electron chi connectivity index (χ2n) is 7.40. The maximum atomic E-state index is 13.2. The molecule has 3 amide bonds. The fourth-order valence-corrected chi connectivity index (χ4v) is 3.41. The van der Waals surface area contributed by atoms with Gasteiger partial charge in [-0.1, -0.05) is 38.1 Å². The van der Waals surface area contributed by atoms with Gasteiger partial charge < -0.3 is 14.8 Å². The molecule has 0 unspecified atom stereocenters. The van der Waals surface area contributed by atoms with Gasteiger partial charge in [-0.05, 0) is 42.2 Å². The van der Waals surface area contributed by atoms with Gasteiger partial charge in [-0.3, -0.25) is 9.69 Å². The topological polar surface area (TPSA) is 67.9 Å². The molecule has 0 spiro atoms. The van der Waals surface area contributed by atoms with E-state index in [1.165, 1.54) is 10.5 Å². The fourth-order valence-electron chi connectivity index (χ4n) is 3.41. The smallest absolute Gasteiger partial charge is 0.325 e. The van der Waals surface area contributed by atoms with Crippen LogP contribution in [0.25, 0.3) is 0 Å². The lowest BCUT2D eigenvalue weighted by molar-refractivity contribution is -0.131. The Bertz CT molecular complexity index is 892. The number of rotatable bonds is 6. The van der Waals surface area contributed by atoms with Gasteiger partial charge in [-0.25, -0.2) is 4.79 Å². The lowest BCUT2D eigenvalue weighted by atomic mass is 9.90. The summed E-state index contributed by atoms with van der Waals surface area (Å²) in [6.45, 7) is 6.07. The molecule has 0 bridgehead atoms. The predicted molar refractivity (Wildman–Crippen MR) is 107 cm³/mol. The number of benzene rings is 2. The maximum Gasteiger partial charge on any atom is 0.325 e. The van der Waals surface area contributed by atoms with Crippen molar-refractivity contribution in [1.29, 1.82) is 0 Å². The Hall–Kier alpha value is -3.02. The molecule has 0 aromatic heterocycles. The molecule has 0 saturated carbocycles. The van der Waals surface area contributed by atoms with E-state index >= 15 is 0 Å². The summed E-state index contributed by atoms with van der Waals surface area (Å²) in [5.74, 6) is 1.33. The molecule has 2 aromatic rings. The van der Waals surface area contributed by atoms with E-state index in [2.05, 4.69) is 19.2 Å². The number of nitrogens with one attached hydrogen (secondary N) is 1. The molecule has 0 radical (unpaired) electrons. The molecule has 1 saturated heterocycles. The van der Waals surface area contributed by atoms with E-state index in [1.807, 2.05) is 24.3 Å². The zero-order chi connectivity index (χ0) is 20.5. The fraction of sp³-hybridized carbons (Fsp3) is 0.364. The van der Waals surface area contributed by atoms with Crippen LogP contribution in [0.1, 0.15) is 43.4 Å². The Morgan fingerprint density at radius 3 is 2.29 bits per heavy atom. The van der Waals surface area contributed by atoms with Crippen LogP contribution in [0, 0.1) is 0 Å². The first kappa shape index (κ1) is 19.7. The standard InChI is InChI=1S/C22H26N2O4/c1-14(2)15-6-8-17(9-7-15)22(3)20(25)24(21(26)23-22)13-16-12-18(27-4)10-11-19(16)28-5/h6-12,14H,13H2,1-5H3,(H,23,26)/t22-/m1/s1. The summed E-state index contributed by atoms with van der Waals surface area (Å²) in [4.78, 5) is 27.0. The molecule has 148 valence electrons. The average molecular weight is 382 g/mol. The van der Waals surface area contributed by atoms with Gasteiger partial charge >= 0.3 is 6.03 Å². The van der Waals surface area contributed by atoms with Crippen molar-refractivity contribution < 1.29 is 19.1 Å². The molecule has 3 rings (SSSR count). The lowest BCUT2D eigenvalue weighted by Gasteiger charge is -2.23. The van der Waals surface area contributed by atoms with Gasteiger partial charge in [0.05, 0.1) is 20.8 Å². The summed E-state index contributed by atoms with van der Waals surface area (Å²) in [5.41, 5.74) is 1.54. The first-order chi connectivity index (χ1) is 13.3. The van der Waals surface area contributed by atoms with Crippen molar-refractivity contribution in [1.82, 2.24) is 10.2 Å². The minimum atomic E-state index is -1.10. The van der Waals surface area contributed by atoms with Crippen molar-refractivity contribution in [3.63, 3.8) is 0 Å². The second kappa shape index (κ2) is 7.54. The summed E-state index contributed by atoms with van der Waals surface area (Å²) in [7, 11) is 3.12. The van der Waals surface area contributed by atoms with Crippen LogP contribution in [0.4, 0.5) is 4.79 Å². The third-order valence-electron chi connectivity index (χ3n) is 5.25. The van der Waals surface area contributed by atoms with E-state index in [0.29, 0.717) is 23.0 Å². The minimum Gasteiger partial charge on any atom is -0.497 e. The van der Waals surface area contributed by atoms with Gasteiger partial charge in [-0.15, -0.1) is 0 Å². The van der Waals surface area contributed by atoms with Crippen molar-refractivity contribution in [2.75, 3.05) is 14.2 Å². The molecular formula is C22H26N2O4. The Morgan fingerprint density at radius 2 is 1.71 bits per heavy atom. The van der Waals surface area contributed by atoms with E-state index in [9.17, 15) is 9.59 Å². The number of ether oxygens (including phenoxy) is 2. The Kier molecular flexibility index (Phi) is 5.31. The molecule has 0 aliphatic carbocycles. The number of carbonyl (C=O) groups is 2. The summed E-state index contributed by atoms with van der Waals surface area (Å²) < 4.78 is 10.6. The van der Waals surface area contributed by atoms with Crippen LogP contribution < -0.4 is 14.8 Å². The van der Waals surface area contributed by atoms with Crippen molar-refractivity contribution in [2.45, 2.75) is 38.8 Å². The highest BCUT2D eigenvalue weighted by Crippen LogP contribution is 2.33. The normalized spacial score (nSPS) is 19.1. The van der Waals surface area contributed by atoms with E-state index in [1.54, 1.807) is 39.3 Å². The summed E-state index contributed by atoms with van der Waals surface area (Å²) in [6, 6.07) is 12.7. The second-order valence-corrected chi connectivity index (χ2v) is 7.40. The van der Waals surface area contributed by atoms with Crippen LogP contribution in [0.3, 0.4) is 0 Å². The first-order valence-corrected chi connectivity index (χ1v) is 9.25. The number of amides is 3. The Balaban J connectivity index is 1.89. The van der Waals surface area contributed by atoms with Gasteiger partial charge in [0.1, 0.15) is 17.0 Å². The molecule has 1 aliphatic heterocycles. The van der Waals surface area contributed by atoms with E-state index in [4.69, 9.17) is 9.47 Å².